The van der Waals surface area contributed by atoms with E-state index in [1.54, 1.807) is 0 Å². The van der Waals surface area contributed by atoms with E-state index in [0.29, 0.717) is 5.95 Å². The molecule has 238 valence electrons. The van der Waals surface area contributed by atoms with Gasteiger partial charge in [-0.1, -0.05) is 164 Å². The minimum Gasteiger partial charge on any atom is -0.278 e. The van der Waals surface area contributed by atoms with Gasteiger partial charge in [-0.2, -0.15) is 0 Å². The van der Waals surface area contributed by atoms with E-state index in [-0.39, 0.29) is 0 Å². The molecule has 3 nitrogen and oxygen atoms in total. The fourth-order valence-electron chi connectivity index (χ4n) is 7.65. The van der Waals surface area contributed by atoms with Crippen LogP contribution in [0.15, 0.2) is 188 Å². The zero-order valence-electron chi connectivity index (χ0n) is 27.7. The summed E-state index contributed by atoms with van der Waals surface area (Å²) in [6.45, 7) is 0. The first-order valence-electron chi connectivity index (χ1n) is 17.3. The van der Waals surface area contributed by atoms with Crippen LogP contribution in [0.2, 0.25) is 0 Å². The second kappa shape index (κ2) is 11.9. The number of rotatable bonds is 5. The van der Waals surface area contributed by atoms with Gasteiger partial charge in [0.05, 0.1) is 22.2 Å². The van der Waals surface area contributed by atoms with Crippen molar-refractivity contribution in [2.24, 2.45) is 0 Å². The van der Waals surface area contributed by atoms with Gasteiger partial charge in [-0.25, -0.2) is 9.97 Å². The standard InChI is InChI=1S/C48H31N3/c1-2-13-32(14-3-1)36-17-10-18-37(31-36)39-23-12-16-34-15-11-22-38(46(34)39)33-27-29-35(30-28-33)47-42-21-4-7-24-43(42)49-48(50-47)51-44-25-8-5-19-40(44)41-20-6-9-26-45(41)51/h1-31H. The summed E-state index contributed by atoms with van der Waals surface area (Å²) in [6.07, 6.45) is 0. The molecule has 0 aliphatic rings. The largest absolute Gasteiger partial charge is 0.278 e. The smallest absolute Gasteiger partial charge is 0.235 e. The summed E-state index contributed by atoms with van der Waals surface area (Å²) in [4.78, 5) is 10.4. The maximum Gasteiger partial charge on any atom is 0.235 e. The Morgan fingerprint density at radius 2 is 0.902 bits per heavy atom. The van der Waals surface area contributed by atoms with E-state index in [4.69, 9.17) is 9.97 Å². The van der Waals surface area contributed by atoms with Crippen molar-refractivity contribution < 1.29 is 0 Å². The summed E-state index contributed by atoms with van der Waals surface area (Å²) in [5, 5.41) is 5.88. The molecule has 10 rings (SSSR count). The van der Waals surface area contributed by atoms with Crippen LogP contribution in [-0.4, -0.2) is 14.5 Å². The third kappa shape index (κ3) is 4.90. The molecule has 0 aliphatic carbocycles. The Kier molecular flexibility index (Phi) is 6.81. The fourth-order valence-corrected chi connectivity index (χ4v) is 7.65. The molecule has 0 spiro atoms. The molecule has 0 amide bonds. The van der Waals surface area contributed by atoms with Crippen LogP contribution in [0.5, 0.6) is 0 Å². The molecule has 8 aromatic carbocycles. The predicted molar refractivity (Wildman–Crippen MR) is 213 cm³/mol. The van der Waals surface area contributed by atoms with Crippen molar-refractivity contribution in [2.45, 2.75) is 0 Å². The molecule has 0 saturated heterocycles. The van der Waals surface area contributed by atoms with Crippen molar-refractivity contribution >= 4 is 43.5 Å². The Labute approximate surface area is 295 Å². The zero-order chi connectivity index (χ0) is 33.7. The molecular weight excluding hydrogens is 619 g/mol. The Morgan fingerprint density at radius 1 is 0.353 bits per heavy atom. The molecule has 0 fully saturated rings. The number of hydrogen-bond acceptors (Lipinski definition) is 2. The lowest BCUT2D eigenvalue weighted by Crippen LogP contribution is -2.03. The van der Waals surface area contributed by atoms with E-state index >= 15 is 0 Å². The van der Waals surface area contributed by atoms with Crippen LogP contribution in [0.25, 0.3) is 94.1 Å². The van der Waals surface area contributed by atoms with Gasteiger partial charge < -0.3 is 0 Å². The van der Waals surface area contributed by atoms with Crippen molar-refractivity contribution in [3.8, 4) is 50.6 Å². The highest BCUT2D eigenvalue weighted by molar-refractivity contribution is 6.09. The maximum atomic E-state index is 5.31. The second-order valence-electron chi connectivity index (χ2n) is 13.0. The van der Waals surface area contributed by atoms with E-state index in [0.717, 1.165) is 38.8 Å². The number of fused-ring (bicyclic) bond motifs is 5. The summed E-state index contributed by atoms with van der Waals surface area (Å²) in [5.74, 6) is 0.668. The molecule has 2 heterocycles. The number of para-hydroxylation sites is 3. The molecule has 0 N–H and O–H groups in total. The molecule has 51 heavy (non-hydrogen) atoms. The summed E-state index contributed by atoms with van der Waals surface area (Å²) in [5.41, 5.74) is 12.3. The van der Waals surface area contributed by atoms with Crippen LogP contribution < -0.4 is 0 Å². The van der Waals surface area contributed by atoms with Crippen LogP contribution in [0, 0.1) is 0 Å². The molecule has 0 bridgehead atoms. The third-order valence-electron chi connectivity index (χ3n) is 10.0. The summed E-state index contributed by atoms with van der Waals surface area (Å²) in [7, 11) is 0. The molecule has 10 aromatic rings. The van der Waals surface area contributed by atoms with E-state index in [1.807, 2.05) is 6.07 Å². The van der Waals surface area contributed by atoms with Gasteiger partial charge in [-0.05, 0) is 68.4 Å². The van der Waals surface area contributed by atoms with Crippen molar-refractivity contribution in [1.29, 1.82) is 0 Å². The van der Waals surface area contributed by atoms with Crippen LogP contribution in [0.3, 0.4) is 0 Å². The molecule has 3 heteroatoms. The summed E-state index contributed by atoms with van der Waals surface area (Å²) < 4.78 is 2.19. The van der Waals surface area contributed by atoms with Crippen LogP contribution in [0.1, 0.15) is 0 Å². The monoisotopic (exact) mass is 649 g/mol. The van der Waals surface area contributed by atoms with Crippen molar-refractivity contribution in [2.75, 3.05) is 0 Å². The van der Waals surface area contributed by atoms with E-state index in [2.05, 4.69) is 187 Å². The molecule has 0 aliphatic heterocycles. The van der Waals surface area contributed by atoms with E-state index < -0.39 is 0 Å². The Balaban J connectivity index is 1.11. The van der Waals surface area contributed by atoms with Crippen molar-refractivity contribution in [3.05, 3.63) is 188 Å². The minimum absolute atomic E-state index is 0.668. The average molecular weight is 650 g/mol. The van der Waals surface area contributed by atoms with Gasteiger partial charge in [0.15, 0.2) is 0 Å². The highest BCUT2D eigenvalue weighted by atomic mass is 15.2. The number of nitrogens with zero attached hydrogens (tertiary/aromatic N) is 3. The molecule has 0 unspecified atom stereocenters. The Hall–Kier alpha value is -6.84. The van der Waals surface area contributed by atoms with Gasteiger partial charge in [0.25, 0.3) is 0 Å². The van der Waals surface area contributed by atoms with Gasteiger partial charge in [0.1, 0.15) is 0 Å². The highest BCUT2D eigenvalue weighted by Gasteiger charge is 2.17. The van der Waals surface area contributed by atoms with Gasteiger partial charge in [-0.15, -0.1) is 0 Å². The molecule has 0 saturated carbocycles. The van der Waals surface area contributed by atoms with E-state index in [9.17, 15) is 0 Å². The van der Waals surface area contributed by atoms with Crippen molar-refractivity contribution in [3.63, 3.8) is 0 Å². The molecular formula is C48H31N3. The Morgan fingerprint density at radius 3 is 1.63 bits per heavy atom. The first kappa shape index (κ1) is 29.1. The van der Waals surface area contributed by atoms with Gasteiger partial charge in [0, 0.05) is 21.7 Å². The van der Waals surface area contributed by atoms with Gasteiger partial charge in [-0.3, -0.25) is 4.57 Å². The Bertz CT molecular complexity index is 2840. The molecule has 0 atom stereocenters. The highest BCUT2D eigenvalue weighted by Crippen LogP contribution is 2.39. The van der Waals surface area contributed by atoms with Crippen molar-refractivity contribution in [1.82, 2.24) is 14.5 Å². The molecule has 0 radical (unpaired) electrons. The average Bonchev–Trinajstić information content (AvgIpc) is 3.55. The lowest BCUT2D eigenvalue weighted by atomic mass is 9.90. The van der Waals surface area contributed by atoms with Gasteiger partial charge >= 0.3 is 0 Å². The van der Waals surface area contributed by atoms with Crippen LogP contribution in [-0.2, 0) is 0 Å². The first-order chi connectivity index (χ1) is 25.3. The quantitative estimate of drug-likeness (QED) is 0.186. The zero-order valence-corrected chi connectivity index (χ0v) is 27.7. The van der Waals surface area contributed by atoms with Gasteiger partial charge in [0.2, 0.25) is 5.95 Å². The SMILES string of the molecule is c1ccc(-c2cccc(-c3cccc4cccc(-c5ccc(-c6nc(-n7c8ccccc8c8ccccc87)nc7ccccc67)cc5)c34)c2)cc1. The number of benzene rings is 8. The lowest BCUT2D eigenvalue weighted by Gasteiger charge is -2.15. The summed E-state index contributed by atoms with van der Waals surface area (Å²) in [6, 6.07) is 66.9. The third-order valence-corrected chi connectivity index (χ3v) is 10.0. The fraction of sp³-hybridized carbons (Fsp3) is 0. The minimum atomic E-state index is 0.668. The van der Waals surface area contributed by atoms with E-state index in [1.165, 1.54) is 49.4 Å². The maximum absolute atomic E-state index is 5.31. The normalized spacial score (nSPS) is 11.5. The second-order valence-corrected chi connectivity index (χ2v) is 13.0. The molecule has 2 aromatic heterocycles. The first-order valence-corrected chi connectivity index (χ1v) is 17.3. The van der Waals surface area contributed by atoms with Crippen LogP contribution in [0.4, 0.5) is 0 Å². The predicted octanol–water partition coefficient (Wildman–Crippen LogP) is 12.5. The topological polar surface area (TPSA) is 30.7 Å². The number of hydrogen-bond donors (Lipinski definition) is 0. The lowest BCUT2D eigenvalue weighted by molar-refractivity contribution is 1.01. The summed E-state index contributed by atoms with van der Waals surface area (Å²) >= 11 is 0. The number of aromatic nitrogens is 3. The van der Waals surface area contributed by atoms with Crippen LogP contribution >= 0.6 is 0 Å².